The van der Waals surface area contributed by atoms with Gasteiger partial charge in [0.05, 0.1) is 6.20 Å². The Morgan fingerprint density at radius 2 is 2.04 bits per heavy atom. The van der Waals surface area contributed by atoms with Gasteiger partial charge in [0, 0.05) is 17.3 Å². The smallest absolute Gasteiger partial charge is 0.162 e. The highest BCUT2D eigenvalue weighted by Gasteiger charge is 2.28. The number of nitrogens with one attached hydrogen (secondary N) is 1. The van der Waals surface area contributed by atoms with Gasteiger partial charge in [-0.1, -0.05) is 31.5 Å². The Morgan fingerprint density at radius 3 is 2.74 bits per heavy atom. The standard InChI is InChI=1S/C15H12ClFN4.C2H6/c16-13-7-14(19-11-3-1-2-10(17)6-11)21-15(20-13)12(8-18-21)9-4-5-9;1-2/h1-3,6-9,19H,4-5H2;1-2H3. The molecule has 0 bridgehead atoms. The molecule has 4 nitrogen and oxygen atoms in total. The average Bonchev–Trinajstić information content (AvgIpc) is 3.29. The van der Waals surface area contributed by atoms with Crippen LogP contribution in [0.15, 0.2) is 36.5 Å². The van der Waals surface area contributed by atoms with E-state index in [0.717, 1.165) is 11.2 Å². The highest BCUT2D eigenvalue weighted by atomic mass is 35.5. The lowest BCUT2D eigenvalue weighted by molar-refractivity contribution is 0.628. The van der Waals surface area contributed by atoms with Crippen molar-refractivity contribution in [3.05, 3.63) is 53.1 Å². The minimum Gasteiger partial charge on any atom is -0.340 e. The fourth-order valence-electron chi connectivity index (χ4n) is 2.44. The molecule has 1 saturated carbocycles. The molecule has 3 aromatic rings. The summed E-state index contributed by atoms with van der Waals surface area (Å²) in [7, 11) is 0. The van der Waals surface area contributed by atoms with E-state index in [9.17, 15) is 4.39 Å². The molecule has 1 N–H and O–H groups in total. The number of hydrogen-bond donors (Lipinski definition) is 1. The molecule has 0 radical (unpaired) electrons. The van der Waals surface area contributed by atoms with Gasteiger partial charge >= 0.3 is 0 Å². The van der Waals surface area contributed by atoms with E-state index in [1.165, 1.54) is 25.0 Å². The minimum absolute atomic E-state index is 0.296. The Kier molecular flexibility index (Phi) is 4.48. The Labute approximate surface area is 139 Å². The van der Waals surface area contributed by atoms with E-state index in [4.69, 9.17) is 11.6 Å². The van der Waals surface area contributed by atoms with Gasteiger partial charge < -0.3 is 5.32 Å². The quantitative estimate of drug-likeness (QED) is 0.673. The number of anilines is 2. The van der Waals surface area contributed by atoms with Crippen LogP contribution in [-0.2, 0) is 0 Å². The Bertz CT molecular complexity index is 827. The predicted octanol–water partition coefficient (Wildman–Crippen LogP) is 5.17. The summed E-state index contributed by atoms with van der Waals surface area (Å²) in [5.41, 5.74) is 2.53. The second-order valence-corrected chi connectivity index (χ2v) is 5.60. The van der Waals surface area contributed by atoms with Gasteiger partial charge in [-0.3, -0.25) is 0 Å². The van der Waals surface area contributed by atoms with E-state index in [-0.39, 0.29) is 5.82 Å². The van der Waals surface area contributed by atoms with Gasteiger partial charge in [-0.05, 0) is 37.0 Å². The van der Waals surface area contributed by atoms with Crippen molar-refractivity contribution in [3.8, 4) is 0 Å². The molecule has 2 aromatic heterocycles. The molecule has 1 aromatic carbocycles. The molecule has 1 aliphatic carbocycles. The van der Waals surface area contributed by atoms with Crippen LogP contribution in [0.1, 0.15) is 38.2 Å². The van der Waals surface area contributed by atoms with Crippen molar-refractivity contribution < 1.29 is 4.39 Å². The zero-order valence-electron chi connectivity index (χ0n) is 13.1. The number of hydrogen-bond acceptors (Lipinski definition) is 3. The normalized spacial score (nSPS) is 13.6. The van der Waals surface area contributed by atoms with Gasteiger partial charge in [0.25, 0.3) is 0 Å². The van der Waals surface area contributed by atoms with Gasteiger partial charge in [0.1, 0.15) is 16.8 Å². The molecule has 2 heterocycles. The second-order valence-electron chi connectivity index (χ2n) is 5.21. The first-order valence-electron chi connectivity index (χ1n) is 7.77. The number of rotatable bonds is 3. The highest BCUT2D eigenvalue weighted by Crippen LogP contribution is 2.42. The number of halogens is 2. The lowest BCUT2D eigenvalue weighted by Gasteiger charge is -2.09. The van der Waals surface area contributed by atoms with Gasteiger partial charge in [0.2, 0.25) is 0 Å². The fourth-order valence-corrected chi connectivity index (χ4v) is 2.62. The van der Waals surface area contributed by atoms with Gasteiger partial charge in [-0.25, -0.2) is 9.37 Å². The molecule has 6 heteroatoms. The first-order valence-corrected chi connectivity index (χ1v) is 8.15. The van der Waals surface area contributed by atoms with Gasteiger partial charge in [-0.15, -0.1) is 0 Å². The minimum atomic E-state index is -0.296. The van der Waals surface area contributed by atoms with Gasteiger partial charge in [0.15, 0.2) is 5.65 Å². The molecule has 0 unspecified atom stereocenters. The molecule has 0 saturated heterocycles. The van der Waals surface area contributed by atoms with Crippen LogP contribution in [0.4, 0.5) is 15.9 Å². The van der Waals surface area contributed by atoms with Crippen molar-refractivity contribution in [1.82, 2.24) is 14.6 Å². The highest BCUT2D eigenvalue weighted by molar-refractivity contribution is 6.29. The molecule has 1 fully saturated rings. The molecule has 120 valence electrons. The van der Waals surface area contributed by atoms with Crippen molar-refractivity contribution in [2.45, 2.75) is 32.6 Å². The average molecular weight is 333 g/mol. The maximum absolute atomic E-state index is 13.3. The topological polar surface area (TPSA) is 42.2 Å². The van der Waals surface area contributed by atoms with Crippen LogP contribution in [0.25, 0.3) is 5.65 Å². The molecular weight excluding hydrogens is 315 g/mol. The van der Waals surface area contributed by atoms with Crippen molar-refractivity contribution in [1.29, 1.82) is 0 Å². The third-order valence-corrected chi connectivity index (χ3v) is 3.78. The van der Waals surface area contributed by atoms with Crippen LogP contribution in [0.5, 0.6) is 0 Å². The van der Waals surface area contributed by atoms with Crippen molar-refractivity contribution >= 4 is 28.8 Å². The molecule has 0 aliphatic heterocycles. The first-order chi connectivity index (χ1) is 11.2. The summed E-state index contributed by atoms with van der Waals surface area (Å²) >= 11 is 6.11. The van der Waals surface area contributed by atoms with Crippen LogP contribution in [0, 0.1) is 5.82 Å². The molecule has 4 rings (SSSR count). The maximum Gasteiger partial charge on any atom is 0.162 e. The SMILES string of the molecule is CC.Fc1cccc(Nc2cc(Cl)nc3c(C4CC4)cnn23)c1. The largest absolute Gasteiger partial charge is 0.340 e. The predicted molar refractivity (Wildman–Crippen MR) is 91.0 cm³/mol. The Hall–Kier alpha value is -2.14. The van der Waals surface area contributed by atoms with E-state index in [1.807, 2.05) is 20.0 Å². The summed E-state index contributed by atoms with van der Waals surface area (Å²) in [4.78, 5) is 4.37. The third kappa shape index (κ3) is 3.29. The summed E-state index contributed by atoms with van der Waals surface area (Å²) < 4.78 is 15.0. The number of nitrogens with zero attached hydrogens (tertiary/aromatic N) is 3. The fraction of sp³-hybridized carbons (Fsp3) is 0.294. The number of aromatic nitrogens is 3. The molecule has 1 aliphatic rings. The van der Waals surface area contributed by atoms with Crippen LogP contribution in [0.3, 0.4) is 0 Å². The monoisotopic (exact) mass is 332 g/mol. The Balaban J connectivity index is 0.000000753. The first kappa shape index (κ1) is 15.7. The number of benzene rings is 1. The lowest BCUT2D eigenvalue weighted by Crippen LogP contribution is -2.02. The van der Waals surface area contributed by atoms with Crippen LogP contribution < -0.4 is 5.32 Å². The van der Waals surface area contributed by atoms with Gasteiger partial charge in [-0.2, -0.15) is 9.61 Å². The maximum atomic E-state index is 13.3. The van der Waals surface area contributed by atoms with E-state index in [1.54, 1.807) is 22.7 Å². The molecule has 23 heavy (non-hydrogen) atoms. The zero-order valence-corrected chi connectivity index (χ0v) is 13.8. The summed E-state index contributed by atoms with van der Waals surface area (Å²) in [6.07, 6.45) is 4.18. The van der Waals surface area contributed by atoms with Crippen molar-refractivity contribution in [2.24, 2.45) is 0 Å². The summed E-state index contributed by atoms with van der Waals surface area (Å²) in [6, 6.07) is 7.94. The van der Waals surface area contributed by atoms with Crippen LogP contribution >= 0.6 is 11.6 Å². The van der Waals surface area contributed by atoms with Crippen LogP contribution in [-0.4, -0.2) is 14.6 Å². The van der Waals surface area contributed by atoms with Crippen LogP contribution in [0.2, 0.25) is 5.15 Å². The lowest BCUT2D eigenvalue weighted by atomic mass is 10.2. The number of fused-ring (bicyclic) bond motifs is 1. The third-order valence-electron chi connectivity index (χ3n) is 3.58. The summed E-state index contributed by atoms with van der Waals surface area (Å²) in [6.45, 7) is 4.00. The van der Waals surface area contributed by atoms with E-state index < -0.39 is 0 Å². The molecule has 0 amide bonds. The molecular formula is C17H18ClFN4. The summed E-state index contributed by atoms with van der Waals surface area (Å²) in [5.74, 6) is 0.911. The van der Waals surface area contributed by atoms with Crippen molar-refractivity contribution in [2.75, 3.05) is 5.32 Å². The molecule has 0 atom stereocenters. The second kappa shape index (κ2) is 6.54. The summed E-state index contributed by atoms with van der Waals surface area (Å²) in [5, 5.41) is 7.91. The van der Waals surface area contributed by atoms with E-state index in [2.05, 4.69) is 15.4 Å². The zero-order chi connectivity index (χ0) is 16.4. The van der Waals surface area contributed by atoms with E-state index in [0.29, 0.717) is 22.6 Å². The van der Waals surface area contributed by atoms with Crippen molar-refractivity contribution in [3.63, 3.8) is 0 Å². The molecule has 0 spiro atoms. The van der Waals surface area contributed by atoms with E-state index >= 15 is 0 Å². The Morgan fingerprint density at radius 1 is 1.26 bits per heavy atom.